The summed E-state index contributed by atoms with van der Waals surface area (Å²) in [5.74, 6) is -1.05. The highest BCUT2D eigenvalue weighted by molar-refractivity contribution is 5.82. The van der Waals surface area contributed by atoms with E-state index in [1.54, 1.807) is 0 Å². The molecule has 1 atom stereocenters. The summed E-state index contributed by atoms with van der Waals surface area (Å²) in [6, 6.07) is -1.31. The van der Waals surface area contributed by atoms with Crippen molar-refractivity contribution in [3.05, 3.63) is 0 Å². The zero-order valence-electron chi connectivity index (χ0n) is 8.46. The number of hydrogen-bond donors (Lipinski definition) is 4. The van der Waals surface area contributed by atoms with Gasteiger partial charge >= 0.3 is 12.0 Å². The Morgan fingerprint density at radius 1 is 1.36 bits per heavy atom. The van der Waals surface area contributed by atoms with E-state index in [2.05, 4.69) is 16.0 Å². The van der Waals surface area contributed by atoms with Gasteiger partial charge in [-0.1, -0.05) is 0 Å². The van der Waals surface area contributed by atoms with Crippen LogP contribution in [0.1, 0.15) is 13.3 Å². The zero-order chi connectivity index (χ0) is 11.0. The fourth-order valence-electron chi connectivity index (χ4n) is 0.776. The Hall–Kier alpha value is -1.30. The molecule has 6 heteroatoms. The van der Waals surface area contributed by atoms with Crippen LogP contribution in [0.15, 0.2) is 0 Å². The highest BCUT2D eigenvalue weighted by atomic mass is 16.4. The molecule has 0 aliphatic carbocycles. The molecule has 0 aromatic carbocycles. The van der Waals surface area contributed by atoms with Gasteiger partial charge in [0.15, 0.2) is 0 Å². The fourth-order valence-corrected chi connectivity index (χ4v) is 0.776. The molecule has 0 unspecified atom stereocenters. The number of nitrogens with one attached hydrogen (secondary N) is 3. The Balaban J connectivity index is 3.50. The first-order chi connectivity index (χ1) is 6.57. The summed E-state index contributed by atoms with van der Waals surface area (Å²) in [6.45, 7) is 2.75. The van der Waals surface area contributed by atoms with Gasteiger partial charge in [0.05, 0.1) is 0 Å². The summed E-state index contributed by atoms with van der Waals surface area (Å²) in [5, 5.41) is 16.3. The second-order valence-corrected chi connectivity index (χ2v) is 2.92. The van der Waals surface area contributed by atoms with Crippen LogP contribution in [-0.2, 0) is 4.79 Å². The maximum absolute atomic E-state index is 11.0. The van der Waals surface area contributed by atoms with Crippen molar-refractivity contribution >= 4 is 12.0 Å². The van der Waals surface area contributed by atoms with Crippen LogP contribution >= 0.6 is 0 Å². The third-order valence-corrected chi connectivity index (χ3v) is 1.61. The van der Waals surface area contributed by atoms with Crippen LogP contribution < -0.4 is 16.0 Å². The molecule has 0 aromatic rings. The van der Waals surface area contributed by atoms with Crippen molar-refractivity contribution in [2.24, 2.45) is 0 Å². The quantitative estimate of drug-likeness (QED) is 0.432. The van der Waals surface area contributed by atoms with Gasteiger partial charge in [-0.05, 0) is 26.9 Å². The normalized spacial score (nSPS) is 11.9. The van der Waals surface area contributed by atoms with E-state index in [0.717, 1.165) is 13.0 Å². The van der Waals surface area contributed by atoms with Crippen molar-refractivity contribution in [2.75, 3.05) is 20.1 Å². The van der Waals surface area contributed by atoms with E-state index in [4.69, 9.17) is 5.11 Å². The first kappa shape index (κ1) is 12.7. The molecule has 0 heterocycles. The number of carbonyl (C=O) groups excluding carboxylic acids is 1. The molecule has 0 bridgehead atoms. The van der Waals surface area contributed by atoms with Gasteiger partial charge < -0.3 is 21.1 Å². The van der Waals surface area contributed by atoms with Crippen LogP contribution in [0, 0.1) is 0 Å². The van der Waals surface area contributed by atoms with Crippen LogP contribution in [0.5, 0.6) is 0 Å². The lowest BCUT2D eigenvalue weighted by molar-refractivity contribution is -0.138. The topological polar surface area (TPSA) is 90.5 Å². The molecule has 6 nitrogen and oxygen atoms in total. The summed E-state index contributed by atoms with van der Waals surface area (Å²) < 4.78 is 0. The van der Waals surface area contributed by atoms with Gasteiger partial charge in [-0.25, -0.2) is 4.79 Å². The predicted octanol–water partition coefficient (Wildman–Crippen LogP) is -0.632. The third-order valence-electron chi connectivity index (χ3n) is 1.61. The Kier molecular flexibility index (Phi) is 6.47. The van der Waals surface area contributed by atoms with Crippen LogP contribution in [0.3, 0.4) is 0 Å². The number of carbonyl (C=O) groups is 2. The van der Waals surface area contributed by atoms with E-state index < -0.39 is 18.0 Å². The van der Waals surface area contributed by atoms with E-state index in [1.807, 2.05) is 7.05 Å². The average Bonchev–Trinajstić information content (AvgIpc) is 2.12. The number of urea groups is 1. The molecule has 82 valence electrons. The van der Waals surface area contributed by atoms with Crippen LogP contribution in [0.25, 0.3) is 0 Å². The van der Waals surface area contributed by atoms with E-state index >= 15 is 0 Å². The molecular weight excluding hydrogens is 186 g/mol. The molecule has 0 radical (unpaired) electrons. The standard InChI is InChI=1S/C8H17N3O3/c1-6(7(12)13)11-8(14)10-5-3-4-9-2/h6,9H,3-5H2,1-2H3,(H,12,13)(H2,10,11,14)/t6-/m1/s1. The van der Waals surface area contributed by atoms with Gasteiger partial charge in [-0.2, -0.15) is 0 Å². The minimum Gasteiger partial charge on any atom is -0.480 e. The smallest absolute Gasteiger partial charge is 0.325 e. The second-order valence-electron chi connectivity index (χ2n) is 2.92. The largest absolute Gasteiger partial charge is 0.480 e. The minimum absolute atomic E-state index is 0.448. The van der Waals surface area contributed by atoms with Crippen molar-refractivity contribution in [3.8, 4) is 0 Å². The van der Waals surface area contributed by atoms with Gasteiger partial charge in [0.2, 0.25) is 0 Å². The van der Waals surface area contributed by atoms with Gasteiger partial charge in [0.1, 0.15) is 6.04 Å². The maximum atomic E-state index is 11.0. The van der Waals surface area contributed by atoms with E-state index in [9.17, 15) is 9.59 Å². The number of hydrogen-bond acceptors (Lipinski definition) is 3. The Bertz CT molecular complexity index is 196. The molecule has 0 saturated heterocycles. The van der Waals surface area contributed by atoms with Gasteiger partial charge in [0.25, 0.3) is 0 Å². The number of amides is 2. The van der Waals surface area contributed by atoms with Crippen molar-refractivity contribution in [2.45, 2.75) is 19.4 Å². The van der Waals surface area contributed by atoms with Gasteiger partial charge in [-0.15, -0.1) is 0 Å². The molecule has 0 aliphatic heterocycles. The van der Waals surface area contributed by atoms with Crippen molar-refractivity contribution in [3.63, 3.8) is 0 Å². The number of aliphatic carboxylic acids is 1. The SMILES string of the molecule is CNCCCNC(=O)N[C@H](C)C(=O)O. The maximum Gasteiger partial charge on any atom is 0.325 e. The molecule has 14 heavy (non-hydrogen) atoms. The van der Waals surface area contributed by atoms with Crippen molar-refractivity contribution < 1.29 is 14.7 Å². The number of rotatable bonds is 6. The highest BCUT2D eigenvalue weighted by Gasteiger charge is 2.12. The molecule has 4 N–H and O–H groups in total. The van der Waals surface area contributed by atoms with E-state index in [0.29, 0.717) is 6.54 Å². The summed E-state index contributed by atoms with van der Waals surface area (Å²) in [4.78, 5) is 21.4. The number of carboxylic acid groups (broad SMARTS) is 1. The molecule has 2 amide bonds. The second kappa shape index (κ2) is 7.14. The minimum atomic E-state index is -1.05. The predicted molar refractivity (Wildman–Crippen MR) is 52.2 cm³/mol. The summed E-state index contributed by atoms with van der Waals surface area (Å²) >= 11 is 0. The lowest BCUT2D eigenvalue weighted by Gasteiger charge is -2.10. The lowest BCUT2D eigenvalue weighted by Crippen LogP contribution is -2.44. The Labute approximate surface area is 83.1 Å². The first-order valence-electron chi connectivity index (χ1n) is 4.49. The highest BCUT2D eigenvalue weighted by Crippen LogP contribution is 1.81. The molecular formula is C8H17N3O3. The summed E-state index contributed by atoms with van der Waals surface area (Å²) in [7, 11) is 1.83. The van der Waals surface area contributed by atoms with E-state index in [1.165, 1.54) is 6.92 Å². The molecule has 0 fully saturated rings. The molecule has 0 rings (SSSR count). The first-order valence-corrected chi connectivity index (χ1v) is 4.49. The summed E-state index contributed by atoms with van der Waals surface area (Å²) in [5.41, 5.74) is 0. The number of carboxylic acids is 1. The van der Waals surface area contributed by atoms with Gasteiger partial charge in [-0.3, -0.25) is 4.79 Å². The third kappa shape index (κ3) is 6.24. The van der Waals surface area contributed by atoms with Crippen LogP contribution in [0.2, 0.25) is 0 Å². The molecule has 0 aliphatic rings. The van der Waals surface area contributed by atoms with Crippen LogP contribution in [0.4, 0.5) is 4.79 Å². The van der Waals surface area contributed by atoms with Gasteiger partial charge in [0, 0.05) is 6.54 Å². The fraction of sp³-hybridized carbons (Fsp3) is 0.750. The molecule has 0 saturated carbocycles. The van der Waals surface area contributed by atoms with Crippen molar-refractivity contribution in [1.82, 2.24) is 16.0 Å². The van der Waals surface area contributed by atoms with Crippen molar-refractivity contribution in [1.29, 1.82) is 0 Å². The lowest BCUT2D eigenvalue weighted by atomic mass is 10.3. The Morgan fingerprint density at radius 2 is 2.00 bits per heavy atom. The van der Waals surface area contributed by atoms with E-state index in [-0.39, 0.29) is 0 Å². The zero-order valence-corrected chi connectivity index (χ0v) is 8.46. The average molecular weight is 203 g/mol. The Morgan fingerprint density at radius 3 is 2.50 bits per heavy atom. The monoisotopic (exact) mass is 203 g/mol. The summed E-state index contributed by atoms with van der Waals surface area (Å²) in [6.07, 6.45) is 0.811. The molecule has 0 spiro atoms. The van der Waals surface area contributed by atoms with Crippen LogP contribution in [-0.4, -0.2) is 43.3 Å². The molecule has 0 aromatic heterocycles.